The number of esters is 1. The van der Waals surface area contributed by atoms with Gasteiger partial charge in [-0.2, -0.15) is 0 Å². The van der Waals surface area contributed by atoms with Gasteiger partial charge in [-0.25, -0.2) is 9.97 Å². The van der Waals surface area contributed by atoms with Gasteiger partial charge in [0.05, 0.1) is 24.5 Å². The Hall–Kier alpha value is -3.71. The Kier molecular flexibility index (Phi) is 8.24. The van der Waals surface area contributed by atoms with Crippen molar-refractivity contribution in [3.8, 4) is 11.5 Å². The van der Waals surface area contributed by atoms with Gasteiger partial charge in [0.25, 0.3) is 5.91 Å². The van der Waals surface area contributed by atoms with Crippen molar-refractivity contribution in [1.29, 1.82) is 0 Å². The molecular formula is C23H22ClF2N5O5S. The maximum atomic E-state index is 13.2. The van der Waals surface area contributed by atoms with Crippen LogP contribution in [0.2, 0.25) is 5.28 Å². The molecule has 0 saturated carbocycles. The van der Waals surface area contributed by atoms with Crippen LogP contribution in [-0.2, 0) is 16.1 Å². The average Bonchev–Trinajstić information content (AvgIpc) is 3.42. The van der Waals surface area contributed by atoms with E-state index in [4.69, 9.17) is 16.3 Å². The van der Waals surface area contributed by atoms with E-state index in [1.165, 1.54) is 29.5 Å². The Balaban J connectivity index is 1.33. The SMILES string of the molecule is CCOC(=O)CCCNc1cc(CNc2ccsc2C(=O)Nc2ccc3c(c2)OC(F)(F)O3)nc(Cl)n1. The number of carbonyl (C=O) groups excluding carboxylic acids is 2. The van der Waals surface area contributed by atoms with E-state index in [-0.39, 0.29) is 41.4 Å². The highest BCUT2D eigenvalue weighted by molar-refractivity contribution is 7.12. The summed E-state index contributed by atoms with van der Waals surface area (Å²) in [5.74, 6) is -0.480. The highest BCUT2D eigenvalue weighted by atomic mass is 35.5. The summed E-state index contributed by atoms with van der Waals surface area (Å²) in [5.41, 5.74) is 1.39. The molecule has 0 saturated heterocycles. The summed E-state index contributed by atoms with van der Waals surface area (Å²) in [6, 6.07) is 7.43. The van der Waals surface area contributed by atoms with Gasteiger partial charge in [0, 0.05) is 30.8 Å². The molecule has 0 fully saturated rings. The smallest absolute Gasteiger partial charge is 0.466 e. The predicted molar refractivity (Wildman–Crippen MR) is 134 cm³/mol. The molecule has 1 aliphatic heterocycles. The molecule has 196 valence electrons. The second-order valence-corrected chi connectivity index (χ2v) is 8.90. The first kappa shape index (κ1) is 26.4. The zero-order valence-electron chi connectivity index (χ0n) is 19.5. The number of carbonyl (C=O) groups is 2. The van der Waals surface area contributed by atoms with E-state index >= 15 is 0 Å². The molecule has 0 unspecified atom stereocenters. The fourth-order valence-electron chi connectivity index (χ4n) is 3.35. The van der Waals surface area contributed by atoms with E-state index in [1.54, 1.807) is 24.4 Å². The molecule has 0 radical (unpaired) electrons. The zero-order valence-corrected chi connectivity index (χ0v) is 21.0. The van der Waals surface area contributed by atoms with E-state index < -0.39 is 12.2 Å². The molecule has 1 aliphatic rings. The molecule has 0 aliphatic carbocycles. The lowest BCUT2D eigenvalue weighted by Crippen LogP contribution is -2.25. The number of halogens is 3. The summed E-state index contributed by atoms with van der Waals surface area (Å²) in [7, 11) is 0. The Morgan fingerprint density at radius 1 is 1.14 bits per heavy atom. The number of benzene rings is 1. The third-order valence-electron chi connectivity index (χ3n) is 4.91. The minimum Gasteiger partial charge on any atom is -0.466 e. The number of ether oxygens (including phenoxy) is 3. The third kappa shape index (κ3) is 7.17. The van der Waals surface area contributed by atoms with E-state index in [0.717, 1.165) is 0 Å². The molecule has 3 aromatic rings. The normalized spacial score (nSPS) is 13.2. The fraction of sp³-hybridized carbons (Fsp3) is 0.304. The third-order valence-corrected chi connectivity index (χ3v) is 5.99. The van der Waals surface area contributed by atoms with Crippen LogP contribution in [-0.4, -0.2) is 41.3 Å². The first-order chi connectivity index (χ1) is 17.7. The molecule has 14 heteroatoms. The van der Waals surface area contributed by atoms with E-state index in [2.05, 4.69) is 35.4 Å². The number of thiophene rings is 1. The number of hydrogen-bond acceptors (Lipinski definition) is 10. The number of aromatic nitrogens is 2. The molecule has 2 aromatic heterocycles. The van der Waals surface area contributed by atoms with E-state index in [0.29, 0.717) is 41.6 Å². The van der Waals surface area contributed by atoms with Gasteiger partial charge < -0.3 is 30.2 Å². The molecular weight excluding hydrogens is 532 g/mol. The Labute approximate surface area is 219 Å². The number of rotatable bonds is 11. The standard InChI is InChI=1S/C23H22ClF2N5O5S/c1-2-34-19(32)4-3-8-27-18-11-14(30-22(24)31-18)12-28-15-7-9-37-20(15)21(33)29-13-5-6-16-17(10-13)36-23(25,26)35-16/h5-7,9-11,28H,2-4,8,12H2,1H3,(H,29,33)(H,27,30,31). The number of alkyl halides is 2. The first-order valence-electron chi connectivity index (χ1n) is 11.2. The first-order valence-corrected chi connectivity index (χ1v) is 12.4. The molecule has 0 spiro atoms. The molecule has 0 bridgehead atoms. The summed E-state index contributed by atoms with van der Waals surface area (Å²) < 4.78 is 40.2. The molecule has 4 rings (SSSR count). The summed E-state index contributed by atoms with van der Waals surface area (Å²) in [5, 5.41) is 10.7. The van der Waals surface area contributed by atoms with Crippen molar-refractivity contribution < 1.29 is 32.6 Å². The van der Waals surface area contributed by atoms with Gasteiger partial charge >= 0.3 is 12.3 Å². The molecule has 10 nitrogen and oxygen atoms in total. The van der Waals surface area contributed by atoms with Crippen LogP contribution in [0, 0.1) is 0 Å². The van der Waals surface area contributed by atoms with Crippen molar-refractivity contribution >= 4 is 52.0 Å². The summed E-state index contributed by atoms with van der Waals surface area (Å²) >= 11 is 7.26. The van der Waals surface area contributed by atoms with Gasteiger partial charge in [0.2, 0.25) is 5.28 Å². The lowest BCUT2D eigenvalue weighted by Gasteiger charge is -2.10. The van der Waals surface area contributed by atoms with Crippen LogP contribution in [0.4, 0.5) is 26.0 Å². The van der Waals surface area contributed by atoms with Crippen molar-refractivity contribution in [3.05, 3.63) is 51.6 Å². The van der Waals surface area contributed by atoms with Crippen LogP contribution < -0.4 is 25.4 Å². The van der Waals surface area contributed by atoms with Crippen molar-refractivity contribution in [2.24, 2.45) is 0 Å². The minimum absolute atomic E-state index is 0.0452. The summed E-state index contributed by atoms with van der Waals surface area (Å²) in [6.45, 7) is 2.84. The van der Waals surface area contributed by atoms with Gasteiger partial charge in [0.15, 0.2) is 11.5 Å². The highest BCUT2D eigenvalue weighted by Gasteiger charge is 2.43. The second kappa shape index (κ2) is 11.6. The van der Waals surface area contributed by atoms with Crippen LogP contribution >= 0.6 is 22.9 Å². The van der Waals surface area contributed by atoms with Gasteiger partial charge in [-0.15, -0.1) is 20.1 Å². The van der Waals surface area contributed by atoms with Crippen LogP contribution in [0.1, 0.15) is 35.1 Å². The zero-order chi connectivity index (χ0) is 26.4. The maximum Gasteiger partial charge on any atom is 0.586 e. The van der Waals surface area contributed by atoms with Crippen LogP contribution in [0.15, 0.2) is 35.7 Å². The topological polar surface area (TPSA) is 124 Å². The predicted octanol–water partition coefficient (Wildman–Crippen LogP) is 5.13. The number of nitrogens with zero attached hydrogens (tertiary/aromatic N) is 2. The van der Waals surface area contributed by atoms with Gasteiger partial charge in [-0.05, 0) is 48.5 Å². The van der Waals surface area contributed by atoms with Crippen molar-refractivity contribution in [2.75, 3.05) is 29.1 Å². The van der Waals surface area contributed by atoms with Crippen molar-refractivity contribution in [2.45, 2.75) is 32.6 Å². The Morgan fingerprint density at radius 3 is 2.76 bits per heavy atom. The van der Waals surface area contributed by atoms with Gasteiger partial charge in [-0.3, -0.25) is 9.59 Å². The van der Waals surface area contributed by atoms with Crippen LogP contribution in [0.5, 0.6) is 11.5 Å². The Morgan fingerprint density at radius 2 is 1.95 bits per heavy atom. The van der Waals surface area contributed by atoms with E-state index in [1.807, 2.05) is 0 Å². The van der Waals surface area contributed by atoms with Gasteiger partial charge in [-0.1, -0.05) is 0 Å². The monoisotopic (exact) mass is 553 g/mol. The maximum absolute atomic E-state index is 13.2. The highest BCUT2D eigenvalue weighted by Crippen LogP contribution is 2.42. The van der Waals surface area contributed by atoms with Gasteiger partial charge in [0.1, 0.15) is 10.7 Å². The molecule has 3 N–H and O–H groups in total. The van der Waals surface area contributed by atoms with Crippen LogP contribution in [0.3, 0.4) is 0 Å². The molecule has 1 amide bonds. The Bertz CT molecular complexity index is 1290. The second-order valence-electron chi connectivity index (χ2n) is 7.65. The minimum atomic E-state index is -3.74. The lowest BCUT2D eigenvalue weighted by atomic mass is 10.2. The molecule has 0 atom stereocenters. The quantitative estimate of drug-likeness (QED) is 0.168. The summed E-state index contributed by atoms with van der Waals surface area (Å²) in [6.07, 6.45) is -2.89. The largest absolute Gasteiger partial charge is 0.586 e. The number of anilines is 3. The molecule has 3 heterocycles. The lowest BCUT2D eigenvalue weighted by molar-refractivity contribution is -0.286. The molecule has 37 heavy (non-hydrogen) atoms. The van der Waals surface area contributed by atoms with Crippen molar-refractivity contribution in [3.63, 3.8) is 0 Å². The summed E-state index contributed by atoms with van der Waals surface area (Å²) in [4.78, 5) is 33.0. The number of hydrogen-bond donors (Lipinski definition) is 3. The van der Waals surface area contributed by atoms with Crippen molar-refractivity contribution in [1.82, 2.24) is 9.97 Å². The fourth-order valence-corrected chi connectivity index (χ4v) is 4.32. The number of nitrogens with one attached hydrogen (secondary N) is 3. The number of fused-ring (bicyclic) bond motifs is 1. The average molecular weight is 554 g/mol. The van der Waals surface area contributed by atoms with E-state index in [9.17, 15) is 18.4 Å². The molecule has 1 aromatic carbocycles. The number of amides is 1. The van der Waals surface area contributed by atoms with Crippen LogP contribution in [0.25, 0.3) is 0 Å².